The van der Waals surface area contributed by atoms with Crippen molar-refractivity contribution in [2.45, 2.75) is 167 Å². The van der Waals surface area contributed by atoms with Crippen LogP contribution in [0.4, 0.5) is 0 Å². The third-order valence-electron chi connectivity index (χ3n) is 15.4. The van der Waals surface area contributed by atoms with Gasteiger partial charge in [0.1, 0.15) is 27.7 Å². The Labute approximate surface area is 427 Å². The summed E-state index contributed by atoms with van der Waals surface area (Å²) in [5, 5.41) is 47.4. The predicted molar refractivity (Wildman–Crippen MR) is 274 cm³/mol. The average Bonchev–Trinajstić information content (AvgIpc) is 4.16. The average molecular weight is 1010 g/mol. The van der Waals surface area contributed by atoms with Crippen LogP contribution in [0.3, 0.4) is 0 Å². The molecule has 0 unspecified atom stereocenters. The quantitative estimate of drug-likeness (QED) is 0.150. The van der Waals surface area contributed by atoms with Gasteiger partial charge in [0, 0.05) is 50.4 Å². The molecule has 2 saturated heterocycles. The molecule has 6 aliphatic rings. The van der Waals surface area contributed by atoms with Gasteiger partial charge >= 0.3 is 7.12 Å². The summed E-state index contributed by atoms with van der Waals surface area (Å²) in [6.45, 7) is 18.5. The summed E-state index contributed by atoms with van der Waals surface area (Å²) in [4.78, 5) is 68.7. The van der Waals surface area contributed by atoms with Gasteiger partial charge in [0.2, 0.25) is 0 Å². The zero-order valence-electron chi connectivity index (χ0n) is 43.2. The first kappa shape index (κ1) is 53.1. The molecule has 18 nitrogen and oxygen atoms in total. The minimum atomic E-state index is -1.22. The lowest BCUT2D eigenvalue weighted by molar-refractivity contribution is -0.164. The van der Waals surface area contributed by atoms with Crippen molar-refractivity contribution in [1.29, 1.82) is 0 Å². The highest BCUT2D eigenvalue weighted by molar-refractivity contribution is 6.50. The van der Waals surface area contributed by atoms with Crippen LogP contribution in [0.25, 0.3) is 16.9 Å². The van der Waals surface area contributed by atoms with Crippen molar-refractivity contribution in [2.24, 2.45) is 0 Å². The summed E-state index contributed by atoms with van der Waals surface area (Å²) in [5.74, 6) is -0.345. The van der Waals surface area contributed by atoms with Gasteiger partial charge in [-0.1, -0.05) is 51.4 Å². The van der Waals surface area contributed by atoms with Crippen LogP contribution >= 0.6 is 11.6 Å². The second-order valence-corrected chi connectivity index (χ2v) is 22.8. The largest absolute Gasteiger partial charge is 0.483 e. The summed E-state index contributed by atoms with van der Waals surface area (Å²) in [6, 6.07) is 3.90. The zero-order valence-corrected chi connectivity index (χ0v) is 44.0. The number of aromatic nitrogens is 6. The summed E-state index contributed by atoms with van der Waals surface area (Å²) >= 11 is 6.14. The van der Waals surface area contributed by atoms with E-state index < -0.39 is 29.4 Å². The highest BCUT2D eigenvalue weighted by Gasteiger charge is 2.50. The Hall–Kier alpha value is -5.21. The molecule has 0 bridgehead atoms. The Bertz CT molecular complexity index is 2790. The summed E-state index contributed by atoms with van der Waals surface area (Å²) in [5.41, 5.74) is 3.44. The Morgan fingerprint density at radius 1 is 0.639 bits per heavy atom. The first-order valence-electron chi connectivity index (χ1n) is 25.8. The molecule has 0 radical (unpaired) electrons. The maximum absolute atomic E-state index is 13.6. The van der Waals surface area contributed by atoms with E-state index in [2.05, 4.69) is 36.1 Å². The fraction of sp³-hybridized carbons (Fsp3) is 0.615. The number of carbonyl (C=O) groups is 4. The topological polar surface area (TPSA) is 223 Å². The Morgan fingerprint density at radius 2 is 1.10 bits per heavy atom. The predicted octanol–water partition coefficient (Wildman–Crippen LogP) is 5.99. The molecule has 0 atom stereocenters. The number of rotatable bonds is 8. The molecular weight excluding hydrogens is 939 g/mol. The number of carbonyl (C=O) groups excluding carboxylic acids is 4. The van der Waals surface area contributed by atoms with Crippen molar-refractivity contribution >= 4 is 59.2 Å². The van der Waals surface area contributed by atoms with E-state index in [4.69, 9.17) is 31.7 Å². The van der Waals surface area contributed by atoms with Gasteiger partial charge in [-0.25, -0.2) is 19.0 Å². The highest BCUT2D eigenvalue weighted by Crippen LogP contribution is 2.37. The molecule has 4 amide bonds. The third kappa shape index (κ3) is 10.7. The van der Waals surface area contributed by atoms with Crippen LogP contribution in [0.2, 0.25) is 5.15 Å². The van der Waals surface area contributed by atoms with E-state index in [9.17, 15) is 29.4 Å². The van der Waals surface area contributed by atoms with Crippen molar-refractivity contribution < 1.29 is 39.4 Å². The summed E-state index contributed by atoms with van der Waals surface area (Å²) in [7, 11) is -1.20. The van der Waals surface area contributed by atoms with Gasteiger partial charge in [-0.05, 0) is 140 Å². The van der Waals surface area contributed by atoms with Gasteiger partial charge < -0.3 is 39.9 Å². The maximum atomic E-state index is 13.6. The number of halogens is 1. The zero-order chi connectivity index (χ0) is 52.1. The van der Waals surface area contributed by atoms with Gasteiger partial charge in [0.15, 0.2) is 11.3 Å². The van der Waals surface area contributed by atoms with E-state index in [1.54, 1.807) is 47.1 Å². The van der Waals surface area contributed by atoms with E-state index in [1.165, 1.54) is 5.57 Å². The minimum Gasteiger partial charge on any atom is -0.423 e. The van der Waals surface area contributed by atoms with Crippen LogP contribution in [0.15, 0.2) is 42.2 Å². The van der Waals surface area contributed by atoms with Gasteiger partial charge in [-0.15, -0.1) is 0 Å². The van der Waals surface area contributed by atoms with Crippen molar-refractivity contribution in [2.75, 3.05) is 39.3 Å². The van der Waals surface area contributed by atoms with Gasteiger partial charge in [-0.2, -0.15) is 10.2 Å². The van der Waals surface area contributed by atoms with Crippen molar-refractivity contribution in [1.82, 2.24) is 48.8 Å². The Kier molecular flexibility index (Phi) is 15.2. The minimum absolute atomic E-state index is 0.152. The monoisotopic (exact) mass is 1010 g/mol. The van der Waals surface area contributed by atoms with Crippen LogP contribution in [-0.2, 0) is 9.59 Å². The number of allylic oxidation sites excluding steroid dienone is 4. The number of hydrogen-bond donors (Lipinski definition) is 4. The molecule has 4 N–H and O–H groups in total. The van der Waals surface area contributed by atoms with Crippen LogP contribution in [0.1, 0.15) is 182 Å². The Morgan fingerprint density at radius 3 is 1.47 bits per heavy atom. The number of piperazine rings is 2. The third-order valence-corrected chi connectivity index (χ3v) is 15.5. The fourth-order valence-corrected chi connectivity index (χ4v) is 10.9. The molecule has 4 aromatic heterocycles. The van der Waals surface area contributed by atoms with Crippen LogP contribution < -0.4 is 0 Å². The summed E-state index contributed by atoms with van der Waals surface area (Å²) in [6.07, 6.45) is 17.5. The smallest absolute Gasteiger partial charge is 0.423 e. The molecule has 4 aliphatic carbocycles. The number of nitrogens with zero attached hydrogens (tertiary/aromatic N) is 10. The fourth-order valence-electron chi connectivity index (χ4n) is 10.7. The molecule has 2 saturated carbocycles. The molecule has 0 spiro atoms. The van der Waals surface area contributed by atoms with Crippen LogP contribution in [0.5, 0.6) is 0 Å². The Balaban J connectivity index is 0.000000168. The molecule has 10 rings (SSSR count). The number of aliphatic hydroxyl groups is 2. The van der Waals surface area contributed by atoms with E-state index in [0.29, 0.717) is 87.1 Å². The maximum Gasteiger partial charge on any atom is 0.483 e. The molecule has 388 valence electrons. The molecule has 20 heteroatoms. The molecule has 72 heavy (non-hydrogen) atoms. The normalized spacial score (nSPS) is 20.8. The number of hydrogen-bond acceptors (Lipinski definition) is 12. The second-order valence-electron chi connectivity index (χ2n) is 22.4. The lowest BCUT2D eigenvalue weighted by atomic mass is 9.78. The first-order chi connectivity index (χ1) is 33.9. The number of amides is 4. The van der Waals surface area contributed by atoms with Crippen molar-refractivity contribution in [3.8, 4) is 0 Å². The van der Waals surface area contributed by atoms with Crippen LogP contribution in [-0.4, -0.2) is 161 Å². The lowest BCUT2D eigenvalue weighted by Crippen LogP contribution is -2.65. The molecular formula is C52H72BClN10O8. The molecule has 6 heterocycles. The summed E-state index contributed by atoms with van der Waals surface area (Å²) < 4.78 is 3.32. The van der Waals surface area contributed by atoms with Gasteiger partial charge in [0.25, 0.3) is 23.6 Å². The lowest BCUT2D eigenvalue weighted by Gasteiger charge is -2.49. The SMILES string of the molecule is CC(C)c1cc(C2=CCCC2)nn2cc(C(=O)N3CCN(C(=O)C4(O)CCC4)CC3(C)C)nc12.CC(C)c1cc(Cl)nn2cc(C(=O)N3CCN(C(=O)C4(O)CCC4)CC3(C)C)nc12.OB(O)C1=CCCC1. The molecule has 4 fully saturated rings. The first-order valence-corrected chi connectivity index (χ1v) is 26.2. The van der Waals surface area contributed by atoms with Crippen molar-refractivity contribution in [3.63, 3.8) is 0 Å². The van der Waals surface area contributed by atoms with Crippen molar-refractivity contribution in [3.05, 3.63) is 75.5 Å². The van der Waals surface area contributed by atoms with E-state index in [1.807, 2.05) is 47.6 Å². The van der Waals surface area contributed by atoms with E-state index >= 15 is 0 Å². The standard InChI is InChI=1S/C26H35N5O3.C21H28ClN5O3.C5H9BO2/c1-17(2)19-14-20(18-8-5-6-9-18)28-31-15-21(27-22(19)31)23(32)30-13-12-29(16-25(30,3)4)24(33)26(34)10-7-11-26;1-13(2)14-10-16(22)24-27-11-15(23-17(14)27)18(28)26-9-8-25(12-20(26,3)4)19(29)21(30)6-5-7-21;7-6(8)5-3-1-2-4-5/h8,14-15,17,34H,5-7,9-13,16H2,1-4H3;10-11,13,30H,5-9,12H2,1-4H3;3,7-8H,1-2,4H2. The number of fused-ring (bicyclic) bond motifs is 2. The molecule has 0 aromatic carbocycles. The molecule has 4 aromatic rings. The molecule has 2 aliphatic heterocycles. The van der Waals surface area contributed by atoms with Crippen LogP contribution in [0, 0.1) is 0 Å². The van der Waals surface area contributed by atoms with E-state index in [0.717, 1.165) is 79.3 Å². The second kappa shape index (κ2) is 20.6. The highest BCUT2D eigenvalue weighted by atomic mass is 35.5. The van der Waals surface area contributed by atoms with E-state index in [-0.39, 0.29) is 35.5 Å². The number of imidazole rings is 2. The van der Waals surface area contributed by atoms with Gasteiger partial charge in [0.05, 0.1) is 29.2 Å². The van der Waals surface area contributed by atoms with Gasteiger partial charge in [-0.3, -0.25) is 19.2 Å².